The van der Waals surface area contributed by atoms with E-state index in [1.807, 2.05) is 0 Å². The summed E-state index contributed by atoms with van der Waals surface area (Å²) in [7, 11) is 0. The minimum Gasteiger partial charge on any atom is -0.508 e. The zero-order chi connectivity index (χ0) is 19.1. The number of phenolic OH excluding ortho intramolecular Hbond substituents is 1. The topological polar surface area (TPSA) is 57.6 Å². The normalized spacial score (nSPS) is 20.1. The van der Waals surface area contributed by atoms with Crippen LogP contribution in [-0.4, -0.2) is 16.8 Å². The van der Waals surface area contributed by atoms with Crippen LogP contribution in [-0.2, 0) is 9.59 Å². The first-order chi connectivity index (χ1) is 13.0. The molecule has 4 nitrogen and oxygen atoms in total. The van der Waals surface area contributed by atoms with Crippen LogP contribution >= 0.6 is 11.6 Å². The zero-order valence-corrected chi connectivity index (χ0v) is 15.2. The predicted molar refractivity (Wildman–Crippen MR) is 100 cm³/mol. The molecule has 0 bridgehead atoms. The van der Waals surface area contributed by atoms with E-state index in [-0.39, 0.29) is 34.8 Å². The van der Waals surface area contributed by atoms with Gasteiger partial charge in [0.2, 0.25) is 5.91 Å². The molecule has 0 saturated carbocycles. The fourth-order valence-electron chi connectivity index (χ4n) is 3.91. The molecule has 1 unspecified atom stereocenters. The van der Waals surface area contributed by atoms with E-state index in [0.717, 1.165) is 5.56 Å². The highest BCUT2D eigenvalue weighted by atomic mass is 35.5. The van der Waals surface area contributed by atoms with Crippen LogP contribution in [0.3, 0.4) is 0 Å². The van der Waals surface area contributed by atoms with Crippen molar-refractivity contribution in [3.63, 3.8) is 0 Å². The number of hydrogen-bond acceptors (Lipinski definition) is 3. The standard InChI is InChI=1S/C21H17ClFNO3/c22-16-10-13(6-9-17(16)23)24-18-2-1-3-19(26)21(18)15(11-20(24)27)12-4-7-14(25)8-5-12/h4-10,15,25H,1-3,11H2. The zero-order valence-electron chi connectivity index (χ0n) is 14.4. The number of aromatic hydroxyl groups is 1. The third-order valence-corrected chi connectivity index (χ3v) is 5.42. The van der Waals surface area contributed by atoms with Crippen LogP contribution in [0.15, 0.2) is 53.7 Å². The van der Waals surface area contributed by atoms with Crippen LogP contribution in [0.4, 0.5) is 10.1 Å². The van der Waals surface area contributed by atoms with Gasteiger partial charge in [0.05, 0.1) is 10.7 Å². The van der Waals surface area contributed by atoms with Crippen molar-refractivity contribution in [1.82, 2.24) is 0 Å². The maximum absolute atomic E-state index is 13.6. The molecule has 1 amide bonds. The third kappa shape index (κ3) is 3.12. The molecule has 138 valence electrons. The molecule has 1 aliphatic carbocycles. The minimum atomic E-state index is -0.555. The Hall–Kier alpha value is -2.66. The number of hydrogen-bond donors (Lipinski definition) is 1. The van der Waals surface area contributed by atoms with Crippen LogP contribution in [0.2, 0.25) is 5.02 Å². The number of phenols is 1. The van der Waals surface area contributed by atoms with Gasteiger partial charge in [0.15, 0.2) is 5.78 Å². The first kappa shape index (κ1) is 17.7. The summed E-state index contributed by atoms with van der Waals surface area (Å²) < 4.78 is 13.6. The SMILES string of the molecule is O=C1CCCC2=C1C(c1ccc(O)cc1)CC(=O)N2c1ccc(F)c(Cl)c1. The fraction of sp³-hybridized carbons (Fsp3) is 0.238. The second-order valence-electron chi connectivity index (χ2n) is 6.81. The highest BCUT2D eigenvalue weighted by molar-refractivity contribution is 6.31. The maximum Gasteiger partial charge on any atom is 0.232 e. The van der Waals surface area contributed by atoms with Gasteiger partial charge in [-0.1, -0.05) is 23.7 Å². The van der Waals surface area contributed by atoms with Gasteiger partial charge < -0.3 is 5.11 Å². The number of benzene rings is 2. The molecule has 4 rings (SSSR count). The second kappa shape index (κ2) is 6.82. The van der Waals surface area contributed by atoms with Crippen LogP contribution < -0.4 is 4.90 Å². The van der Waals surface area contributed by atoms with E-state index in [0.29, 0.717) is 36.2 Å². The van der Waals surface area contributed by atoms with Gasteiger partial charge in [-0.25, -0.2) is 4.39 Å². The predicted octanol–water partition coefficient (Wildman–Crippen LogP) is 4.71. The van der Waals surface area contributed by atoms with Gasteiger partial charge in [0.25, 0.3) is 0 Å². The molecule has 2 aromatic carbocycles. The lowest BCUT2D eigenvalue weighted by atomic mass is 9.77. The number of nitrogens with zero attached hydrogens (tertiary/aromatic N) is 1. The molecule has 27 heavy (non-hydrogen) atoms. The molecule has 2 aliphatic rings. The molecular weight excluding hydrogens is 369 g/mol. The largest absolute Gasteiger partial charge is 0.508 e. The lowest BCUT2D eigenvalue weighted by molar-refractivity contribution is -0.119. The van der Waals surface area contributed by atoms with Crippen molar-refractivity contribution < 1.29 is 19.1 Å². The number of amides is 1. The van der Waals surface area contributed by atoms with Crippen molar-refractivity contribution in [2.45, 2.75) is 31.6 Å². The summed E-state index contributed by atoms with van der Waals surface area (Å²) in [6.07, 6.45) is 1.83. The molecular formula is C21H17ClFNO3. The first-order valence-corrected chi connectivity index (χ1v) is 9.16. The summed E-state index contributed by atoms with van der Waals surface area (Å²) >= 11 is 5.90. The average molecular weight is 386 g/mol. The number of ketones is 1. The summed E-state index contributed by atoms with van der Waals surface area (Å²) in [5, 5.41) is 9.47. The number of rotatable bonds is 2. The second-order valence-corrected chi connectivity index (χ2v) is 7.22. The summed E-state index contributed by atoms with van der Waals surface area (Å²) in [6.45, 7) is 0. The summed E-state index contributed by atoms with van der Waals surface area (Å²) in [5.74, 6) is -0.897. The van der Waals surface area contributed by atoms with Crippen molar-refractivity contribution in [2.24, 2.45) is 0 Å². The van der Waals surface area contributed by atoms with Crippen molar-refractivity contribution in [1.29, 1.82) is 0 Å². The van der Waals surface area contributed by atoms with Crippen LogP contribution in [0, 0.1) is 5.82 Å². The molecule has 0 spiro atoms. The van der Waals surface area contributed by atoms with Gasteiger partial charge in [-0.15, -0.1) is 0 Å². The highest BCUT2D eigenvalue weighted by Gasteiger charge is 2.39. The van der Waals surface area contributed by atoms with Gasteiger partial charge in [-0.05, 0) is 48.7 Å². The average Bonchev–Trinajstić information content (AvgIpc) is 2.64. The Morgan fingerprint density at radius 3 is 2.52 bits per heavy atom. The number of carbonyl (C=O) groups is 2. The van der Waals surface area contributed by atoms with Crippen molar-refractivity contribution in [3.05, 3.63) is 70.1 Å². The Bertz CT molecular complexity index is 968. The number of anilines is 1. The Kier molecular flexibility index (Phi) is 4.48. The Balaban J connectivity index is 1.85. The third-order valence-electron chi connectivity index (χ3n) is 5.13. The van der Waals surface area contributed by atoms with E-state index in [4.69, 9.17) is 11.6 Å². The molecule has 1 atom stereocenters. The fourth-order valence-corrected chi connectivity index (χ4v) is 4.08. The lowest BCUT2D eigenvalue weighted by Crippen LogP contribution is -2.40. The molecule has 0 saturated heterocycles. The van der Waals surface area contributed by atoms with Crippen LogP contribution in [0.1, 0.15) is 37.2 Å². The van der Waals surface area contributed by atoms with Crippen molar-refractivity contribution in [3.8, 4) is 5.75 Å². The number of halogens is 2. The lowest BCUT2D eigenvalue weighted by Gasteiger charge is -2.38. The van der Waals surface area contributed by atoms with Crippen molar-refractivity contribution in [2.75, 3.05) is 4.90 Å². The minimum absolute atomic E-state index is 0.0278. The Morgan fingerprint density at radius 1 is 1.07 bits per heavy atom. The van der Waals surface area contributed by atoms with E-state index in [1.54, 1.807) is 24.3 Å². The smallest absolute Gasteiger partial charge is 0.232 e. The van der Waals surface area contributed by atoms with E-state index in [9.17, 15) is 19.1 Å². The van der Waals surface area contributed by atoms with Crippen LogP contribution in [0.5, 0.6) is 5.75 Å². The first-order valence-electron chi connectivity index (χ1n) is 8.79. The summed E-state index contributed by atoms with van der Waals surface area (Å²) in [5.41, 5.74) is 2.59. The number of allylic oxidation sites excluding steroid dienone is 2. The molecule has 0 aromatic heterocycles. The van der Waals surface area contributed by atoms with Gasteiger partial charge >= 0.3 is 0 Å². The van der Waals surface area contributed by atoms with Crippen molar-refractivity contribution >= 4 is 29.0 Å². The number of Topliss-reactive ketones (excluding diaryl/α,β-unsaturated/α-hetero) is 1. The van der Waals surface area contributed by atoms with E-state index in [2.05, 4.69) is 0 Å². The molecule has 1 N–H and O–H groups in total. The van der Waals surface area contributed by atoms with E-state index < -0.39 is 5.82 Å². The number of carbonyl (C=O) groups excluding carboxylic acids is 2. The molecule has 1 aliphatic heterocycles. The maximum atomic E-state index is 13.6. The van der Waals surface area contributed by atoms with Crippen LogP contribution in [0.25, 0.3) is 0 Å². The quantitative estimate of drug-likeness (QED) is 0.814. The molecule has 0 radical (unpaired) electrons. The van der Waals surface area contributed by atoms with Gasteiger partial charge in [-0.3, -0.25) is 14.5 Å². The molecule has 6 heteroatoms. The van der Waals surface area contributed by atoms with Gasteiger partial charge in [0.1, 0.15) is 11.6 Å². The molecule has 1 heterocycles. The highest BCUT2D eigenvalue weighted by Crippen LogP contribution is 2.43. The molecule has 2 aromatic rings. The van der Waals surface area contributed by atoms with E-state index >= 15 is 0 Å². The monoisotopic (exact) mass is 385 g/mol. The van der Waals surface area contributed by atoms with Gasteiger partial charge in [-0.2, -0.15) is 0 Å². The van der Waals surface area contributed by atoms with Gasteiger partial charge in [0, 0.05) is 30.0 Å². The summed E-state index contributed by atoms with van der Waals surface area (Å²) in [6, 6.07) is 10.7. The molecule has 0 fully saturated rings. The Morgan fingerprint density at radius 2 is 1.81 bits per heavy atom. The Labute approximate surface area is 160 Å². The summed E-state index contributed by atoms with van der Waals surface area (Å²) in [4.78, 5) is 27.3. The van der Waals surface area contributed by atoms with E-state index in [1.165, 1.54) is 23.1 Å².